The summed E-state index contributed by atoms with van der Waals surface area (Å²) in [6.45, 7) is 4.74. The van der Waals surface area contributed by atoms with Crippen LogP contribution < -0.4 is 4.90 Å². The van der Waals surface area contributed by atoms with Crippen molar-refractivity contribution in [2.24, 2.45) is 0 Å². The Balaban J connectivity index is 0.980. The number of fused-ring (bicyclic) bond motifs is 7. The summed E-state index contributed by atoms with van der Waals surface area (Å²) in [5.74, 6) is 0. The highest BCUT2D eigenvalue weighted by Gasteiger charge is 2.37. The van der Waals surface area contributed by atoms with Crippen LogP contribution in [0.4, 0.5) is 17.1 Å². The van der Waals surface area contributed by atoms with Crippen molar-refractivity contribution in [3.63, 3.8) is 0 Å². The highest BCUT2D eigenvalue weighted by atomic mass is 32.1. The van der Waals surface area contributed by atoms with Gasteiger partial charge >= 0.3 is 0 Å². The van der Waals surface area contributed by atoms with Crippen LogP contribution in [0.5, 0.6) is 0 Å². The third kappa shape index (κ3) is 6.21. The standard InChI is InChI=1S/C61H43NS/c1-61(2)55-24-8-5-18-50(55)53-23-12-21-49(60(53)61)42-32-36-48(37-33-42)62(56-25-9-6-19-51(56)52-22-13-27-58-59(52)54-20-7-10-26-57(54)63-58)47-34-30-41(31-35-47)44-16-11-17-45(38-44)46-29-28-40-14-3-4-15-43(40)39-46/h3-39H,1-2H3. The van der Waals surface area contributed by atoms with E-state index >= 15 is 0 Å². The molecule has 0 radical (unpaired) electrons. The van der Waals surface area contributed by atoms with E-state index in [2.05, 4.69) is 243 Å². The molecule has 1 aliphatic carbocycles. The summed E-state index contributed by atoms with van der Waals surface area (Å²) >= 11 is 1.87. The Kier molecular flexibility index (Phi) is 8.77. The van der Waals surface area contributed by atoms with Crippen molar-refractivity contribution in [3.8, 4) is 55.6 Å². The molecular formula is C61H43NS. The molecule has 10 aromatic carbocycles. The Morgan fingerprint density at radius 1 is 0.365 bits per heavy atom. The van der Waals surface area contributed by atoms with Crippen molar-refractivity contribution in [2.45, 2.75) is 19.3 Å². The van der Waals surface area contributed by atoms with Gasteiger partial charge < -0.3 is 4.90 Å². The van der Waals surface area contributed by atoms with E-state index in [1.807, 2.05) is 11.3 Å². The number of hydrogen-bond acceptors (Lipinski definition) is 2. The molecule has 0 spiro atoms. The zero-order chi connectivity index (χ0) is 42.1. The first-order valence-corrected chi connectivity index (χ1v) is 22.6. The number of nitrogens with zero attached hydrogens (tertiary/aromatic N) is 1. The van der Waals surface area contributed by atoms with Crippen LogP contribution in [0.15, 0.2) is 224 Å². The zero-order valence-corrected chi connectivity index (χ0v) is 36.0. The second kappa shape index (κ2) is 14.8. The second-order valence-electron chi connectivity index (χ2n) is 17.3. The van der Waals surface area contributed by atoms with Gasteiger partial charge in [0.25, 0.3) is 0 Å². The first-order chi connectivity index (χ1) is 31.0. The average molecular weight is 822 g/mol. The molecule has 12 rings (SSSR count). The van der Waals surface area contributed by atoms with Gasteiger partial charge in [0, 0.05) is 42.5 Å². The number of anilines is 3. The Bertz CT molecular complexity index is 3540. The van der Waals surface area contributed by atoms with E-state index in [-0.39, 0.29) is 5.41 Å². The Morgan fingerprint density at radius 2 is 0.921 bits per heavy atom. The Labute approximate surface area is 372 Å². The summed E-state index contributed by atoms with van der Waals surface area (Å²) < 4.78 is 2.61. The van der Waals surface area contributed by atoms with Gasteiger partial charge in [-0.1, -0.05) is 184 Å². The van der Waals surface area contributed by atoms with Gasteiger partial charge in [0.2, 0.25) is 0 Å². The molecule has 2 heteroatoms. The first-order valence-electron chi connectivity index (χ1n) is 21.8. The minimum absolute atomic E-state index is 0.101. The number of thiophene rings is 1. The van der Waals surface area contributed by atoms with Gasteiger partial charge in [-0.2, -0.15) is 0 Å². The van der Waals surface area contributed by atoms with E-state index in [1.54, 1.807) is 0 Å². The normalized spacial score (nSPS) is 12.7. The minimum atomic E-state index is -0.101. The lowest BCUT2D eigenvalue weighted by Crippen LogP contribution is -2.16. The molecular weight excluding hydrogens is 779 g/mol. The quantitative estimate of drug-likeness (QED) is 0.155. The van der Waals surface area contributed by atoms with Crippen LogP contribution in [0.25, 0.3) is 86.6 Å². The first kappa shape index (κ1) is 37.3. The molecule has 0 atom stereocenters. The molecule has 0 saturated heterocycles. The SMILES string of the molecule is CC1(C)c2ccccc2-c2cccc(-c3ccc(N(c4ccc(-c5cccc(-c6ccc7ccccc7c6)c5)cc4)c4ccccc4-c4cccc5sc6ccccc6c45)cc3)c21. The fourth-order valence-corrected chi connectivity index (χ4v) is 11.4. The van der Waals surface area contributed by atoms with E-state index in [4.69, 9.17) is 0 Å². The maximum Gasteiger partial charge on any atom is 0.0540 e. The van der Waals surface area contributed by atoms with Crippen LogP contribution >= 0.6 is 11.3 Å². The van der Waals surface area contributed by atoms with Gasteiger partial charge in [-0.15, -0.1) is 11.3 Å². The lowest BCUT2D eigenvalue weighted by Gasteiger charge is -2.29. The van der Waals surface area contributed by atoms with Gasteiger partial charge in [0.1, 0.15) is 0 Å². The number of hydrogen-bond donors (Lipinski definition) is 0. The number of benzene rings is 10. The van der Waals surface area contributed by atoms with Gasteiger partial charge in [-0.3, -0.25) is 0 Å². The summed E-state index contributed by atoms with van der Waals surface area (Å²) in [6, 6.07) is 82.8. The molecule has 0 N–H and O–H groups in total. The van der Waals surface area contributed by atoms with E-state index in [1.165, 1.54) is 97.7 Å². The molecule has 0 amide bonds. The Morgan fingerprint density at radius 3 is 1.75 bits per heavy atom. The molecule has 0 unspecified atom stereocenters. The smallest absolute Gasteiger partial charge is 0.0540 e. The van der Waals surface area contributed by atoms with Gasteiger partial charge in [-0.05, 0) is 127 Å². The van der Waals surface area contributed by atoms with Crippen LogP contribution in [0.2, 0.25) is 0 Å². The van der Waals surface area contributed by atoms with Crippen molar-refractivity contribution >= 4 is 59.3 Å². The molecule has 1 aliphatic rings. The molecule has 1 heterocycles. The minimum Gasteiger partial charge on any atom is -0.310 e. The monoisotopic (exact) mass is 821 g/mol. The number of para-hydroxylation sites is 1. The topological polar surface area (TPSA) is 3.24 Å². The van der Waals surface area contributed by atoms with Crippen LogP contribution in [0, 0.1) is 0 Å². The lowest BCUT2D eigenvalue weighted by atomic mass is 9.79. The summed E-state index contributed by atoms with van der Waals surface area (Å²) in [5, 5.41) is 5.12. The molecule has 11 aromatic rings. The molecule has 1 nitrogen and oxygen atoms in total. The Hall–Kier alpha value is -7.52. The summed E-state index contributed by atoms with van der Waals surface area (Å²) in [4.78, 5) is 2.44. The largest absolute Gasteiger partial charge is 0.310 e. The van der Waals surface area contributed by atoms with E-state index in [9.17, 15) is 0 Å². The predicted molar refractivity (Wildman–Crippen MR) is 271 cm³/mol. The van der Waals surface area contributed by atoms with Gasteiger partial charge in [0.15, 0.2) is 0 Å². The van der Waals surface area contributed by atoms with Crippen LogP contribution in [-0.4, -0.2) is 0 Å². The molecule has 63 heavy (non-hydrogen) atoms. The third-order valence-electron chi connectivity index (χ3n) is 13.3. The molecule has 0 fully saturated rings. The summed E-state index contributed by atoms with van der Waals surface area (Å²) in [7, 11) is 0. The maximum atomic E-state index is 2.44. The van der Waals surface area contributed by atoms with Crippen molar-refractivity contribution in [1.82, 2.24) is 0 Å². The van der Waals surface area contributed by atoms with Crippen molar-refractivity contribution in [2.75, 3.05) is 4.90 Å². The maximum absolute atomic E-state index is 2.44. The van der Waals surface area contributed by atoms with Crippen molar-refractivity contribution < 1.29 is 0 Å². The lowest BCUT2D eigenvalue weighted by molar-refractivity contribution is 0.662. The van der Waals surface area contributed by atoms with Gasteiger partial charge in [0.05, 0.1) is 5.69 Å². The third-order valence-corrected chi connectivity index (χ3v) is 14.4. The second-order valence-corrected chi connectivity index (χ2v) is 18.3. The predicted octanol–water partition coefficient (Wildman–Crippen LogP) is 17.7. The van der Waals surface area contributed by atoms with Crippen LogP contribution in [-0.2, 0) is 5.41 Å². The fraction of sp³-hybridized carbons (Fsp3) is 0.0492. The van der Waals surface area contributed by atoms with Crippen molar-refractivity contribution in [3.05, 3.63) is 236 Å². The molecule has 0 saturated carbocycles. The highest BCUT2D eigenvalue weighted by Crippen LogP contribution is 2.52. The van der Waals surface area contributed by atoms with E-state index < -0.39 is 0 Å². The van der Waals surface area contributed by atoms with E-state index in [0.717, 1.165) is 17.1 Å². The average Bonchev–Trinajstić information content (AvgIpc) is 3.84. The van der Waals surface area contributed by atoms with Crippen LogP contribution in [0.3, 0.4) is 0 Å². The fourth-order valence-electron chi connectivity index (χ4n) is 10.3. The van der Waals surface area contributed by atoms with Gasteiger partial charge in [-0.25, -0.2) is 0 Å². The number of rotatable bonds is 7. The summed E-state index contributed by atoms with van der Waals surface area (Å²) in [5.41, 5.74) is 18.5. The van der Waals surface area contributed by atoms with Crippen molar-refractivity contribution in [1.29, 1.82) is 0 Å². The van der Waals surface area contributed by atoms with E-state index in [0.29, 0.717) is 0 Å². The molecule has 298 valence electrons. The highest BCUT2D eigenvalue weighted by molar-refractivity contribution is 7.25. The summed E-state index contributed by atoms with van der Waals surface area (Å²) in [6.07, 6.45) is 0. The molecule has 0 bridgehead atoms. The molecule has 0 aliphatic heterocycles. The van der Waals surface area contributed by atoms with Crippen LogP contribution in [0.1, 0.15) is 25.0 Å². The molecule has 1 aromatic heterocycles. The zero-order valence-electron chi connectivity index (χ0n) is 35.2.